The van der Waals surface area contributed by atoms with E-state index in [0.29, 0.717) is 17.4 Å². The molecule has 0 saturated heterocycles. The van der Waals surface area contributed by atoms with Gasteiger partial charge in [0, 0.05) is 11.8 Å². The van der Waals surface area contributed by atoms with Crippen LogP contribution in [0, 0.1) is 18.3 Å². The minimum Gasteiger partial charge on any atom is -0.493 e. The van der Waals surface area contributed by atoms with Gasteiger partial charge in [-0.1, -0.05) is 38.5 Å². The van der Waals surface area contributed by atoms with E-state index in [1.807, 2.05) is 6.92 Å². The highest BCUT2D eigenvalue weighted by atomic mass is 32.2. The molecule has 1 saturated carbocycles. The summed E-state index contributed by atoms with van der Waals surface area (Å²) >= 11 is 0. The van der Waals surface area contributed by atoms with Crippen molar-refractivity contribution in [3.63, 3.8) is 0 Å². The number of carbonyl (C=O) groups is 1. The number of methoxy groups -OCH3 is 2. The summed E-state index contributed by atoms with van der Waals surface area (Å²) in [6.45, 7) is 8.25. The molecule has 36 heavy (non-hydrogen) atoms. The summed E-state index contributed by atoms with van der Waals surface area (Å²) in [5.74, 6) is 0.804. The fourth-order valence-corrected chi connectivity index (χ4v) is 5.80. The van der Waals surface area contributed by atoms with Crippen LogP contribution in [0.25, 0.3) is 0 Å². The molecule has 1 fully saturated rings. The Hall–Kier alpha value is -3.07. The molecule has 0 heterocycles. The van der Waals surface area contributed by atoms with E-state index in [1.165, 1.54) is 32.4 Å². The van der Waals surface area contributed by atoms with Crippen LogP contribution >= 0.6 is 0 Å². The van der Waals surface area contributed by atoms with Crippen LogP contribution in [0.1, 0.15) is 52.0 Å². The van der Waals surface area contributed by atoms with Crippen molar-refractivity contribution in [3.05, 3.63) is 48.0 Å². The second kappa shape index (κ2) is 11.3. The number of hydrogen-bond acceptors (Lipinski definition) is 6. The van der Waals surface area contributed by atoms with Gasteiger partial charge in [0.05, 0.1) is 24.8 Å². The number of carbonyl (C=O) groups excluding carboxylic acids is 1. The van der Waals surface area contributed by atoms with E-state index in [-0.39, 0.29) is 16.1 Å². The van der Waals surface area contributed by atoms with Gasteiger partial charge in [0.25, 0.3) is 15.9 Å². The number of ether oxygens (including phenoxy) is 2. The Labute approximate surface area is 214 Å². The Morgan fingerprint density at radius 3 is 2.19 bits per heavy atom. The first-order chi connectivity index (χ1) is 17.0. The topological polar surface area (TPSA) is 97.3 Å². The standard InChI is InChI=1S/C27H37N3O5S/c1-19-7-13-22(14-8-19)30(36(32,33)23-15-16-24(34-5)25(17-23)35-6)18-26(31)29-28-21-11-9-20(10-12-21)27(2,3)4/h7-8,13-17,20H,9-12,18H2,1-6H3,(H,29,31). The number of amides is 1. The van der Waals surface area contributed by atoms with E-state index in [2.05, 4.69) is 31.3 Å². The Morgan fingerprint density at radius 2 is 1.64 bits per heavy atom. The highest BCUT2D eigenvalue weighted by Crippen LogP contribution is 2.37. The maximum atomic E-state index is 13.7. The Morgan fingerprint density at radius 1 is 1.03 bits per heavy atom. The number of aryl methyl sites for hydroxylation is 1. The van der Waals surface area contributed by atoms with Crippen LogP contribution in [-0.2, 0) is 14.8 Å². The molecule has 8 nitrogen and oxygen atoms in total. The van der Waals surface area contributed by atoms with Gasteiger partial charge >= 0.3 is 0 Å². The lowest BCUT2D eigenvalue weighted by molar-refractivity contribution is -0.119. The smallest absolute Gasteiger partial charge is 0.264 e. The summed E-state index contributed by atoms with van der Waals surface area (Å²) in [6, 6.07) is 11.3. The van der Waals surface area contributed by atoms with Crippen LogP contribution in [-0.4, -0.2) is 40.8 Å². The highest BCUT2D eigenvalue weighted by molar-refractivity contribution is 7.92. The van der Waals surface area contributed by atoms with Gasteiger partial charge in [0.15, 0.2) is 11.5 Å². The zero-order valence-corrected chi connectivity index (χ0v) is 22.8. The van der Waals surface area contributed by atoms with Gasteiger partial charge in [-0.05, 0) is 68.2 Å². The molecule has 0 bridgehead atoms. The number of anilines is 1. The molecule has 1 aliphatic rings. The number of nitrogens with one attached hydrogen (secondary N) is 1. The molecule has 0 unspecified atom stereocenters. The normalized spacial score (nSPS) is 16.3. The lowest BCUT2D eigenvalue weighted by atomic mass is 9.72. The van der Waals surface area contributed by atoms with Crippen molar-refractivity contribution in [2.24, 2.45) is 16.4 Å². The van der Waals surface area contributed by atoms with Crippen LogP contribution in [0.5, 0.6) is 11.5 Å². The largest absolute Gasteiger partial charge is 0.493 e. The number of hydrogen-bond donors (Lipinski definition) is 1. The van der Waals surface area contributed by atoms with Crippen LogP contribution in [0.15, 0.2) is 52.5 Å². The molecule has 0 radical (unpaired) electrons. The third-order valence-corrected chi connectivity index (χ3v) is 8.45. The van der Waals surface area contributed by atoms with Gasteiger partial charge < -0.3 is 9.47 Å². The van der Waals surface area contributed by atoms with E-state index in [1.54, 1.807) is 24.3 Å². The Kier molecular flexibility index (Phi) is 8.66. The van der Waals surface area contributed by atoms with Crippen molar-refractivity contribution in [1.29, 1.82) is 0 Å². The van der Waals surface area contributed by atoms with Gasteiger partial charge in [-0.3, -0.25) is 9.10 Å². The van der Waals surface area contributed by atoms with Crippen LogP contribution < -0.4 is 19.2 Å². The molecular weight excluding hydrogens is 478 g/mol. The van der Waals surface area contributed by atoms with Crippen molar-refractivity contribution in [3.8, 4) is 11.5 Å². The fourth-order valence-electron chi connectivity index (χ4n) is 4.37. The number of hydrazone groups is 1. The summed E-state index contributed by atoms with van der Waals surface area (Å²) in [5.41, 5.74) is 5.12. The summed E-state index contributed by atoms with van der Waals surface area (Å²) in [7, 11) is -1.18. The van der Waals surface area contributed by atoms with E-state index in [0.717, 1.165) is 41.3 Å². The molecule has 3 rings (SSSR count). The molecular formula is C27H37N3O5S. The number of rotatable bonds is 8. The van der Waals surface area contributed by atoms with Gasteiger partial charge in [0.2, 0.25) is 0 Å². The molecule has 0 spiro atoms. The average Bonchev–Trinajstić information content (AvgIpc) is 2.85. The van der Waals surface area contributed by atoms with Crippen molar-refractivity contribution in [1.82, 2.24) is 5.43 Å². The monoisotopic (exact) mass is 515 g/mol. The molecule has 9 heteroatoms. The molecule has 196 valence electrons. The molecule has 2 aromatic carbocycles. The maximum Gasteiger partial charge on any atom is 0.264 e. The lowest BCUT2D eigenvalue weighted by Gasteiger charge is -2.34. The molecule has 1 amide bonds. The summed E-state index contributed by atoms with van der Waals surface area (Å²) in [5, 5.41) is 4.32. The van der Waals surface area contributed by atoms with Gasteiger partial charge in [-0.2, -0.15) is 5.10 Å². The predicted octanol–water partition coefficient (Wildman–Crippen LogP) is 4.92. The molecule has 0 aliphatic heterocycles. The predicted molar refractivity (Wildman–Crippen MR) is 142 cm³/mol. The van der Waals surface area contributed by atoms with Gasteiger partial charge in [-0.15, -0.1) is 0 Å². The van der Waals surface area contributed by atoms with Gasteiger partial charge in [-0.25, -0.2) is 13.8 Å². The Balaban J connectivity index is 1.82. The molecule has 1 aliphatic carbocycles. The second-order valence-electron chi connectivity index (χ2n) is 10.2. The lowest BCUT2D eigenvalue weighted by Crippen LogP contribution is -2.40. The van der Waals surface area contributed by atoms with Gasteiger partial charge in [0.1, 0.15) is 6.54 Å². The third-order valence-electron chi connectivity index (χ3n) is 6.68. The minimum atomic E-state index is -4.10. The van der Waals surface area contributed by atoms with Crippen molar-refractivity contribution in [2.75, 3.05) is 25.1 Å². The van der Waals surface area contributed by atoms with Crippen molar-refractivity contribution in [2.45, 2.75) is 58.3 Å². The Bertz CT molecular complexity index is 1190. The van der Waals surface area contributed by atoms with Crippen molar-refractivity contribution >= 4 is 27.3 Å². The summed E-state index contributed by atoms with van der Waals surface area (Å²) in [4.78, 5) is 12.9. The molecule has 2 aromatic rings. The quantitative estimate of drug-likeness (QED) is 0.504. The average molecular weight is 516 g/mol. The second-order valence-corrected chi connectivity index (χ2v) is 12.1. The van der Waals surface area contributed by atoms with Crippen molar-refractivity contribution < 1.29 is 22.7 Å². The fraction of sp³-hybridized carbons (Fsp3) is 0.481. The summed E-state index contributed by atoms with van der Waals surface area (Å²) < 4.78 is 38.9. The maximum absolute atomic E-state index is 13.7. The number of sulfonamides is 1. The SMILES string of the molecule is COc1ccc(S(=O)(=O)N(CC(=O)NN=C2CCC(C(C)(C)C)CC2)c2ccc(C)cc2)cc1OC. The highest BCUT2D eigenvalue weighted by Gasteiger charge is 2.30. The first-order valence-corrected chi connectivity index (χ1v) is 13.6. The zero-order chi connectivity index (χ0) is 26.5. The molecule has 1 N–H and O–H groups in total. The van der Waals surface area contributed by atoms with E-state index < -0.39 is 22.5 Å². The van der Waals surface area contributed by atoms with Crippen LogP contribution in [0.3, 0.4) is 0 Å². The van der Waals surface area contributed by atoms with E-state index in [9.17, 15) is 13.2 Å². The zero-order valence-electron chi connectivity index (χ0n) is 22.0. The first-order valence-electron chi connectivity index (χ1n) is 12.1. The van der Waals surface area contributed by atoms with E-state index in [4.69, 9.17) is 9.47 Å². The number of nitrogens with zero attached hydrogens (tertiary/aromatic N) is 2. The van der Waals surface area contributed by atoms with Crippen LogP contribution in [0.4, 0.5) is 5.69 Å². The number of benzene rings is 2. The first kappa shape index (κ1) is 27.5. The summed E-state index contributed by atoms with van der Waals surface area (Å²) in [6.07, 6.45) is 3.71. The molecule has 0 aromatic heterocycles. The van der Waals surface area contributed by atoms with E-state index >= 15 is 0 Å². The minimum absolute atomic E-state index is 0.0136. The third kappa shape index (κ3) is 6.57. The van der Waals surface area contributed by atoms with Crippen LogP contribution in [0.2, 0.25) is 0 Å². The molecule has 0 atom stereocenters.